The van der Waals surface area contributed by atoms with Crippen LogP contribution in [-0.4, -0.2) is 41.6 Å². The van der Waals surface area contributed by atoms with Crippen LogP contribution in [0.1, 0.15) is 43.3 Å². The molecule has 0 spiro atoms. The van der Waals surface area contributed by atoms with Crippen molar-refractivity contribution < 1.29 is 28.8 Å². The normalized spacial score (nSPS) is 14.2. The first-order valence-electron chi connectivity index (χ1n) is 12.9. The largest absolute Gasteiger partial charge is 0.449 e. The molecular formula is C32H24N2O6. The molecule has 40 heavy (non-hydrogen) atoms. The lowest BCUT2D eigenvalue weighted by molar-refractivity contribution is -0.171. The maximum absolute atomic E-state index is 13.2. The van der Waals surface area contributed by atoms with Crippen molar-refractivity contribution >= 4 is 23.9 Å². The van der Waals surface area contributed by atoms with E-state index in [1.807, 2.05) is 54.6 Å². The molecule has 4 aromatic carbocycles. The predicted molar refractivity (Wildman–Crippen MR) is 145 cm³/mol. The highest BCUT2D eigenvalue weighted by molar-refractivity contribution is 6.21. The number of amides is 3. The molecule has 0 unspecified atom stereocenters. The topological polar surface area (TPSA) is 102 Å². The minimum Gasteiger partial charge on any atom is -0.449 e. The highest BCUT2D eigenvalue weighted by atomic mass is 16.7. The summed E-state index contributed by atoms with van der Waals surface area (Å²) >= 11 is 0. The van der Waals surface area contributed by atoms with E-state index in [1.165, 1.54) is 12.1 Å². The van der Waals surface area contributed by atoms with Crippen LogP contribution in [0.4, 0.5) is 4.79 Å². The summed E-state index contributed by atoms with van der Waals surface area (Å²) in [6.07, 6.45) is -0.755. The van der Waals surface area contributed by atoms with Gasteiger partial charge in [0.2, 0.25) is 0 Å². The molecule has 1 heterocycles. The Hall–Kier alpha value is -5.24. The SMILES string of the molecule is O=C(N[C@@H](Cc1ccccc1)C(=O)ON1C(=O)c2ccccc2C1=O)OCC1c2ccccc2-c2ccccc21. The Bertz CT molecular complexity index is 1550. The molecule has 8 heteroatoms. The number of hydrogen-bond acceptors (Lipinski definition) is 6. The second-order valence-electron chi connectivity index (χ2n) is 9.57. The summed E-state index contributed by atoms with van der Waals surface area (Å²) in [6.45, 7) is 0.0609. The Labute approximate surface area is 230 Å². The van der Waals surface area contributed by atoms with Crippen LogP contribution in [0.3, 0.4) is 0 Å². The van der Waals surface area contributed by atoms with Gasteiger partial charge in [-0.1, -0.05) is 96.1 Å². The molecule has 1 atom stereocenters. The minimum atomic E-state index is -1.22. The number of hydroxylamine groups is 2. The van der Waals surface area contributed by atoms with Crippen LogP contribution >= 0.6 is 0 Å². The summed E-state index contributed by atoms with van der Waals surface area (Å²) < 4.78 is 5.62. The first kappa shape index (κ1) is 25.1. The highest BCUT2D eigenvalue weighted by Crippen LogP contribution is 2.44. The Kier molecular flexibility index (Phi) is 6.57. The molecular weight excluding hydrogens is 508 g/mol. The van der Waals surface area contributed by atoms with Gasteiger partial charge in [0, 0.05) is 12.3 Å². The minimum absolute atomic E-state index is 0.0609. The smallest absolute Gasteiger partial charge is 0.407 e. The number of carbonyl (C=O) groups is 4. The maximum Gasteiger partial charge on any atom is 0.407 e. The van der Waals surface area contributed by atoms with Gasteiger partial charge in [-0.25, -0.2) is 9.59 Å². The molecule has 8 nitrogen and oxygen atoms in total. The van der Waals surface area contributed by atoms with Gasteiger partial charge in [0.1, 0.15) is 12.6 Å². The van der Waals surface area contributed by atoms with Gasteiger partial charge in [0.05, 0.1) is 11.1 Å². The molecule has 0 saturated carbocycles. The zero-order valence-electron chi connectivity index (χ0n) is 21.3. The van der Waals surface area contributed by atoms with Gasteiger partial charge < -0.3 is 14.9 Å². The second kappa shape index (κ2) is 10.5. The van der Waals surface area contributed by atoms with E-state index in [4.69, 9.17) is 9.57 Å². The van der Waals surface area contributed by atoms with Gasteiger partial charge in [0.25, 0.3) is 11.8 Å². The molecule has 0 fully saturated rings. The standard InChI is InChI=1S/C32H24N2O6/c35-29-25-16-8-9-17-26(25)30(36)34(29)40-31(37)28(18-20-10-2-1-3-11-20)33-32(38)39-19-27-23-14-6-4-12-21(23)22-13-5-7-15-24(22)27/h1-17,27-28H,18-19H2,(H,33,38)/t28-/m0/s1. The van der Waals surface area contributed by atoms with Crippen molar-refractivity contribution in [3.05, 3.63) is 131 Å². The fraction of sp³-hybridized carbons (Fsp3) is 0.125. The molecule has 0 saturated heterocycles. The van der Waals surface area contributed by atoms with Crippen LogP contribution < -0.4 is 5.32 Å². The highest BCUT2D eigenvalue weighted by Gasteiger charge is 2.40. The first-order valence-corrected chi connectivity index (χ1v) is 12.9. The van der Waals surface area contributed by atoms with Crippen molar-refractivity contribution in [2.24, 2.45) is 0 Å². The molecule has 6 rings (SSSR count). The van der Waals surface area contributed by atoms with Gasteiger partial charge in [-0.3, -0.25) is 9.59 Å². The summed E-state index contributed by atoms with van der Waals surface area (Å²) in [6, 6.07) is 29.9. The zero-order chi connectivity index (χ0) is 27.6. The number of imide groups is 1. The number of carbonyl (C=O) groups excluding carboxylic acids is 4. The van der Waals surface area contributed by atoms with Crippen molar-refractivity contribution in [1.29, 1.82) is 0 Å². The third-order valence-electron chi connectivity index (χ3n) is 7.14. The summed E-state index contributed by atoms with van der Waals surface area (Å²) in [5.74, 6) is -2.61. The average Bonchev–Trinajstić information content (AvgIpc) is 3.43. The fourth-order valence-corrected chi connectivity index (χ4v) is 5.23. The molecule has 0 radical (unpaired) electrons. The Balaban J connectivity index is 1.17. The lowest BCUT2D eigenvalue weighted by Gasteiger charge is -2.21. The van der Waals surface area contributed by atoms with E-state index in [-0.39, 0.29) is 30.1 Å². The van der Waals surface area contributed by atoms with Crippen LogP contribution in [0.15, 0.2) is 103 Å². The second-order valence-corrected chi connectivity index (χ2v) is 9.57. The molecule has 0 aromatic heterocycles. The van der Waals surface area contributed by atoms with Crippen molar-refractivity contribution in [2.75, 3.05) is 6.61 Å². The van der Waals surface area contributed by atoms with Crippen LogP contribution in [0.25, 0.3) is 11.1 Å². The van der Waals surface area contributed by atoms with E-state index in [0.29, 0.717) is 5.06 Å². The van der Waals surface area contributed by atoms with E-state index in [0.717, 1.165) is 27.8 Å². The number of rotatable bonds is 7. The summed E-state index contributed by atoms with van der Waals surface area (Å²) in [7, 11) is 0. The fourth-order valence-electron chi connectivity index (χ4n) is 5.23. The van der Waals surface area contributed by atoms with Crippen molar-refractivity contribution in [3.63, 3.8) is 0 Å². The van der Waals surface area contributed by atoms with E-state index < -0.39 is 29.9 Å². The quantitative estimate of drug-likeness (QED) is 0.340. The molecule has 1 aliphatic heterocycles. The van der Waals surface area contributed by atoms with Crippen LogP contribution in [-0.2, 0) is 20.8 Å². The molecule has 2 aliphatic rings. The monoisotopic (exact) mass is 532 g/mol. The van der Waals surface area contributed by atoms with Gasteiger partial charge in [-0.15, -0.1) is 0 Å². The number of fused-ring (bicyclic) bond motifs is 4. The van der Waals surface area contributed by atoms with Crippen molar-refractivity contribution in [3.8, 4) is 11.1 Å². The molecule has 4 aromatic rings. The van der Waals surface area contributed by atoms with E-state index >= 15 is 0 Å². The lowest BCUT2D eigenvalue weighted by Crippen LogP contribution is -2.47. The average molecular weight is 533 g/mol. The number of ether oxygens (including phenoxy) is 1. The Morgan fingerprint density at radius 1 is 0.700 bits per heavy atom. The molecule has 1 N–H and O–H groups in total. The first-order chi connectivity index (χ1) is 19.5. The summed E-state index contributed by atoms with van der Waals surface area (Å²) in [5.41, 5.74) is 5.33. The lowest BCUT2D eigenvalue weighted by atomic mass is 9.98. The molecule has 0 bridgehead atoms. The molecule has 3 amide bonds. The third-order valence-corrected chi connectivity index (χ3v) is 7.14. The van der Waals surface area contributed by atoms with Crippen molar-refractivity contribution in [2.45, 2.75) is 18.4 Å². The Morgan fingerprint density at radius 2 is 1.20 bits per heavy atom. The number of alkyl carbamates (subject to hydrolysis) is 1. The number of nitrogens with zero attached hydrogens (tertiary/aromatic N) is 1. The van der Waals surface area contributed by atoms with Crippen LogP contribution in [0.2, 0.25) is 0 Å². The number of nitrogens with one attached hydrogen (secondary N) is 1. The van der Waals surface area contributed by atoms with Gasteiger partial charge >= 0.3 is 12.1 Å². The van der Waals surface area contributed by atoms with Gasteiger partial charge in [-0.05, 0) is 39.9 Å². The molecule has 1 aliphatic carbocycles. The summed E-state index contributed by atoms with van der Waals surface area (Å²) in [5, 5.41) is 3.01. The van der Waals surface area contributed by atoms with E-state index in [1.54, 1.807) is 36.4 Å². The molecule has 198 valence electrons. The van der Waals surface area contributed by atoms with E-state index in [9.17, 15) is 19.2 Å². The summed E-state index contributed by atoms with van der Waals surface area (Å²) in [4.78, 5) is 56.9. The Morgan fingerprint density at radius 3 is 1.77 bits per heavy atom. The van der Waals surface area contributed by atoms with E-state index in [2.05, 4.69) is 5.32 Å². The van der Waals surface area contributed by atoms with Crippen LogP contribution in [0.5, 0.6) is 0 Å². The third kappa shape index (κ3) is 4.60. The maximum atomic E-state index is 13.2. The number of hydrogen-bond donors (Lipinski definition) is 1. The zero-order valence-corrected chi connectivity index (χ0v) is 21.3. The van der Waals surface area contributed by atoms with Crippen molar-refractivity contribution in [1.82, 2.24) is 10.4 Å². The van der Waals surface area contributed by atoms with Crippen LogP contribution in [0, 0.1) is 0 Å². The predicted octanol–water partition coefficient (Wildman–Crippen LogP) is 4.89. The van der Waals surface area contributed by atoms with Gasteiger partial charge in [-0.2, -0.15) is 0 Å². The number of benzene rings is 4. The van der Waals surface area contributed by atoms with Gasteiger partial charge in [0.15, 0.2) is 0 Å².